The maximum absolute atomic E-state index is 11.1. The van der Waals surface area contributed by atoms with Gasteiger partial charge in [-0.3, -0.25) is 4.79 Å². The quantitative estimate of drug-likeness (QED) is 0.637. The molecule has 0 aromatic heterocycles. The number of carbonyl (C=O) groups excluding carboxylic acids is 1. The molecule has 0 heterocycles. The van der Waals surface area contributed by atoms with Gasteiger partial charge in [-0.1, -0.05) is 27.7 Å². The molecule has 0 saturated carbocycles. The Hall–Kier alpha value is 0.0200. The minimum absolute atomic E-state index is 0.211. The zero-order valence-corrected chi connectivity index (χ0v) is 8.70. The van der Waals surface area contributed by atoms with E-state index in [0.717, 1.165) is 12.2 Å². The third kappa shape index (κ3) is 6.42. The molecule has 0 aromatic carbocycles. The van der Waals surface area contributed by atoms with Crippen LogP contribution in [0.5, 0.6) is 0 Å². The highest BCUT2D eigenvalue weighted by molar-refractivity contribution is 7.99. The van der Waals surface area contributed by atoms with Crippen LogP contribution in [0.3, 0.4) is 0 Å². The van der Waals surface area contributed by atoms with Gasteiger partial charge >= 0.3 is 0 Å². The summed E-state index contributed by atoms with van der Waals surface area (Å²) in [6, 6.07) is 0. The first kappa shape index (κ1) is 11.0. The molecule has 2 heteroatoms. The molecule has 11 heavy (non-hydrogen) atoms. The summed E-state index contributed by atoms with van der Waals surface area (Å²) in [4.78, 5) is 11.1. The molecule has 0 rings (SSSR count). The van der Waals surface area contributed by atoms with Crippen LogP contribution in [0.25, 0.3) is 0 Å². The smallest absolute Gasteiger partial charge is 0.136 e. The molecule has 0 atom stereocenters. The minimum atomic E-state index is 0.211. The number of rotatable bonds is 5. The van der Waals surface area contributed by atoms with E-state index in [9.17, 15) is 4.79 Å². The Labute approximate surface area is 73.9 Å². The van der Waals surface area contributed by atoms with Gasteiger partial charge in [-0.05, 0) is 5.25 Å². The molecule has 0 saturated heterocycles. The van der Waals surface area contributed by atoms with E-state index in [1.165, 1.54) is 0 Å². The van der Waals surface area contributed by atoms with Crippen LogP contribution in [0.2, 0.25) is 0 Å². The maximum atomic E-state index is 11.1. The van der Waals surface area contributed by atoms with Gasteiger partial charge in [0.1, 0.15) is 5.78 Å². The van der Waals surface area contributed by atoms with Crippen LogP contribution in [0, 0.1) is 5.92 Å². The van der Waals surface area contributed by atoms with Crippen molar-refractivity contribution < 1.29 is 4.79 Å². The molecular weight excluding hydrogens is 156 g/mol. The van der Waals surface area contributed by atoms with Gasteiger partial charge in [-0.15, -0.1) is 0 Å². The van der Waals surface area contributed by atoms with Crippen LogP contribution in [0.15, 0.2) is 0 Å². The average molecular weight is 174 g/mol. The Balaban J connectivity index is 3.32. The summed E-state index contributed by atoms with van der Waals surface area (Å²) in [5, 5.41) is 0.648. The van der Waals surface area contributed by atoms with Crippen LogP contribution in [0.4, 0.5) is 0 Å². The van der Waals surface area contributed by atoms with E-state index in [2.05, 4.69) is 13.8 Å². The Morgan fingerprint density at radius 2 is 1.82 bits per heavy atom. The molecule has 1 nitrogen and oxygen atoms in total. The van der Waals surface area contributed by atoms with E-state index in [1.807, 2.05) is 25.6 Å². The van der Waals surface area contributed by atoms with E-state index >= 15 is 0 Å². The third-order valence-electron chi connectivity index (χ3n) is 1.44. The molecular formula is C9H18OS. The van der Waals surface area contributed by atoms with Crippen molar-refractivity contribution in [3.63, 3.8) is 0 Å². The predicted molar refractivity (Wildman–Crippen MR) is 52.1 cm³/mol. The van der Waals surface area contributed by atoms with Gasteiger partial charge in [0.2, 0.25) is 0 Å². The lowest BCUT2D eigenvalue weighted by Gasteiger charge is -2.05. The molecule has 0 spiro atoms. The lowest BCUT2D eigenvalue weighted by Crippen LogP contribution is -2.08. The Bertz CT molecular complexity index is 119. The van der Waals surface area contributed by atoms with Crippen LogP contribution in [0.1, 0.15) is 34.1 Å². The summed E-state index contributed by atoms with van der Waals surface area (Å²) >= 11 is 1.86. The summed E-state index contributed by atoms with van der Waals surface area (Å²) in [5.74, 6) is 1.58. The van der Waals surface area contributed by atoms with Crippen molar-refractivity contribution in [2.45, 2.75) is 39.4 Å². The van der Waals surface area contributed by atoms with E-state index in [4.69, 9.17) is 0 Å². The molecule has 0 fully saturated rings. The van der Waals surface area contributed by atoms with Crippen molar-refractivity contribution in [1.29, 1.82) is 0 Å². The fourth-order valence-electron chi connectivity index (χ4n) is 0.684. The van der Waals surface area contributed by atoms with Gasteiger partial charge in [-0.2, -0.15) is 11.8 Å². The standard InChI is InChI=1S/C9H18OS/c1-7(2)9(10)5-6-11-8(3)4/h7-8H,5-6H2,1-4H3. The highest BCUT2D eigenvalue weighted by atomic mass is 32.2. The molecule has 0 unspecified atom stereocenters. The molecule has 0 radical (unpaired) electrons. The number of Topliss-reactive ketones (excluding diaryl/α,β-unsaturated/α-hetero) is 1. The third-order valence-corrected chi connectivity index (χ3v) is 2.55. The molecule has 66 valence electrons. The highest BCUT2D eigenvalue weighted by Crippen LogP contribution is 2.11. The molecule has 0 aliphatic rings. The topological polar surface area (TPSA) is 17.1 Å². The maximum Gasteiger partial charge on any atom is 0.136 e. The van der Waals surface area contributed by atoms with Gasteiger partial charge in [0, 0.05) is 18.1 Å². The second-order valence-electron chi connectivity index (χ2n) is 3.29. The van der Waals surface area contributed by atoms with Crippen molar-refractivity contribution in [2.24, 2.45) is 5.92 Å². The second kappa shape index (κ2) is 5.64. The van der Waals surface area contributed by atoms with E-state index in [1.54, 1.807) is 0 Å². The molecule has 0 aromatic rings. The molecule has 0 aliphatic carbocycles. The molecule has 0 aliphatic heterocycles. The highest BCUT2D eigenvalue weighted by Gasteiger charge is 2.06. The van der Waals surface area contributed by atoms with E-state index in [-0.39, 0.29) is 5.92 Å². The Morgan fingerprint density at radius 1 is 1.27 bits per heavy atom. The summed E-state index contributed by atoms with van der Waals surface area (Å²) in [6.45, 7) is 8.24. The van der Waals surface area contributed by atoms with E-state index < -0.39 is 0 Å². The summed E-state index contributed by atoms with van der Waals surface area (Å²) in [7, 11) is 0. The van der Waals surface area contributed by atoms with Crippen LogP contribution in [-0.4, -0.2) is 16.8 Å². The number of carbonyl (C=O) groups is 1. The Kier molecular flexibility index (Phi) is 5.65. The first-order valence-electron chi connectivity index (χ1n) is 4.18. The minimum Gasteiger partial charge on any atom is -0.299 e. The van der Waals surface area contributed by atoms with Crippen molar-refractivity contribution >= 4 is 17.5 Å². The first-order chi connectivity index (χ1) is 5.04. The summed E-state index contributed by atoms with van der Waals surface area (Å²) in [5.41, 5.74) is 0. The van der Waals surface area contributed by atoms with Crippen molar-refractivity contribution in [3.05, 3.63) is 0 Å². The van der Waals surface area contributed by atoms with Crippen molar-refractivity contribution in [1.82, 2.24) is 0 Å². The Morgan fingerprint density at radius 3 is 2.18 bits per heavy atom. The normalized spacial score (nSPS) is 11.1. The second-order valence-corrected chi connectivity index (χ2v) is 4.97. The largest absolute Gasteiger partial charge is 0.299 e. The number of hydrogen-bond donors (Lipinski definition) is 0. The van der Waals surface area contributed by atoms with Crippen LogP contribution in [-0.2, 0) is 4.79 Å². The molecule has 0 amide bonds. The van der Waals surface area contributed by atoms with E-state index in [0.29, 0.717) is 11.0 Å². The first-order valence-corrected chi connectivity index (χ1v) is 5.23. The van der Waals surface area contributed by atoms with Crippen LogP contribution < -0.4 is 0 Å². The van der Waals surface area contributed by atoms with Gasteiger partial charge in [0.15, 0.2) is 0 Å². The summed E-state index contributed by atoms with van der Waals surface area (Å²) in [6.07, 6.45) is 0.737. The van der Waals surface area contributed by atoms with Crippen molar-refractivity contribution in [3.8, 4) is 0 Å². The van der Waals surface area contributed by atoms with Gasteiger partial charge in [0.25, 0.3) is 0 Å². The van der Waals surface area contributed by atoms with Gasteiger partial charge in [0.05, 0.1) is 0 Å². The lowest BCUT2D eigenvalue weighted by molar-refractivity contribution is -0.121. The monoisotopic (exact) mass is 174 g/mol. The number of hydrogen-bond acceptors (Lipinski definition) is 2. The zero-order chi connectivity index (χ0) is 8.85. The molecule has 0 N–H and O–H groups in total. The zero-order valence-electron chi connectivity index (χ0n) is 7.89. The molecule has 0 bridgehead atoms. The number of ketones is 1. The SMILES string of the molecule is CC(C)SCCC(=O)C(C)C. The van der Waals surface area contributed by atoms with Gasteiger partial charge in [-0.25, -0.2) is 0 Å². The fraction of sp³-hybridized carbons (Fsp3) is 0.889. The predicted octanol–water partition coefficient (Wildman–Crippen LogP) is 2.74. The van der Waals surface area contributed by atoms with Gasteiger partial charge < -0.3 is 0 Å². The van der Waals surface area contributed by atoms with Crippen molar-refractivity contribution in [2.75, 3.05) is 5.75 Å². The van der Waals surface area contributed by atoms with Crippen LogP contribution >= 0.6 is 11.8 Å². The summed E-state index contributed by atoms with van der Waals surface area (Å²) < 4.78 is 0. The fourth-order valence-corrected chi connectivity index (χ4v) is 1.47. The average Bonchev–Trinajstić information content (AvgIpc) is 1.86. The lowest BCUT2D eigenvalue weighted by atomic mass is 10.1. The number of thioether (sulfide) groups is 1.